The maximum absolute atomic E-state index is 11.1. The average Bonchev–Trinajstić information content (AvgIpc) is 2.86. The van der Waals surface area contributed by atoms with Crippen LogP contribution >= 0.6 is 11.8 Å². The van der Waals surface area contributed by atoms with E-state index in [1.54, 1.807) is 37.4 Å². The minimum absolute atomic E-state index is 0.0638. The molecule has 0 unspecified atom stereocenters. The van der Waals surface area contributed by atoms with Gasteiger partial charge in [0.1, 0.15) is 5.75 Å². The Morgan fingerprint density at radius 2 is 2.20 bits per heavy atom. The van der Waals surface area contributed by atoms with Crippen molar-refractivity contribution >= 4 is 35.0 Å². The van der Waals surface area contributed by atoms with Gasteiger partial charge in [0.25, 0.3) is 0 Å². The molecule has 1 fully saturated rings. The zero-order chi connectivity index (χ0) is 14.4. The number of thioether (sulfide) groups is 1. The summed E-state index contributed by atoms with van der Waals surface area (Å²) in [7, 11) is 0. The Morgan fingerprint density at radius 3 is 2.80 bits per heavy atom. The second kappa shape index (κ2) is 6.85. The van der Waals surface area contributed by atoms with Crippen LogP contribution in [0.1, 0.15) is 18.9 Å². The molecule has 20 heavy (non-hydrogen) atoms. The first kappa shape index (κ1) is 14.3. The van der Waals surface area contributed by atoms with Crippen LogP contribution in [0.25, 0.3) is 0 Å². The summed E-state index contributed by atoms with van der Waals surface area (Å²) in [6.45, 7) is 1.74. The molecular weight excluding hydrogens is 278 g/mol. The number of esters is 1. The summed E-state index contributed by atoms with van der Waals surface area (Å²) in [4.78, 5) is 22.0. The Labute approximate surface area is 120 Å². The Balaban J connectivity index is 1.93. The van der Waals surface area contributed by atoms with Gasteiger partial charge in [-0.1, -0.05) is 18.7 Å². The van der Waals surface area contributed by atoms with Crippen LogP contribution in [-0.2, 0) is 9.59 Å². The van der Waals surface area contributed by atoms with Crippen LogP contribution in [0.3, 0.4) is 0 Å². The zero-order valence-corrected chi connectivity index (χ0v) is 11.6. The van der Waals surface area contributed by atoms with Crippen LogP contribution in [0.4, 0.5) is 0 Å². The maximum atomic E-state index is 11.1. The van der Waals surface area contributed by atoms with Crippen LogP contribution in [0.5, 0.6) is 5.75 Å². The lowest BCUT2D eigenvalue weighted by Gasteiger charge is -2.01. The summed E-state index contributed by atoms with van der Waals surface area (Å²) in [6, 6.07) is 6.91. The number of rotatable bonds is 4. The molecule has 0 aromatic heterocycles. The number of carbonyl (C=O) groups excluding carboxylic acids is 2. The molecule has 1 aliphatic rings. The van der Waals surface area contributed by atoms with Gasteiger partial charge in [-0.05, 0) is 29.8 Å². The number of amides is 1. The second-order valence-electron chi connectivity index (χ2n) is 3.88. The van der Waals surface area contributed by atoms with E-state index in [0.717, 1.165) is 5.56 Å². The van der Waals surface area contributed by atoms with Gasteiger partial charge in [-0.3, -0.25) is 9.59 Å². The fourth-order valence-corrected chi connectivity index (χ4v) is 1.98. The number of benzene rings is 1. The molecule has 1 N–H and O–H groups in total. The van der Waals surface area contributed by atoms with E-state index in [9.17, 15) is 9.59 Å². The van der Waals surface area contributed by atoms with Crippen molar-refractivity contribution in [2.75, 3.05) is 5.75 Å². The van der Waals surface area contributed by atoms with Crippen LogP contribution in [0.15, 0.2) is 34.5 Å². The summed E-state index contributed by atoms with van der Waals surface area (Å²) in [5.74, 6) is 0.544. The van der Waals surface area contributed by atoms with Gasteiger partial charge in [-0.15, -0.1) is 5.10 Å². The van der Waals surface area contributed by atoms with Crippen molar-refractivity contribution < 1.29 is 14.3 Å². The number of amidine groups is 1. The first-order chi connectivity index (χ1) is 9.67. The standard InChI is InChI=1S/C13H13N3O3S/c1-2-12(18)19-10-5-3-9(4-6-10)7-14-16-13-15-11(17)8-20-13/h3-7H,2,8H2,1H3,(H,15,16,17). The number of hydrogen-bond acceptors (Lipinski definition) is 6. The van der Waals surface area contributed by atoms with Crippen molar-refractivity contribution in [2.24, 2.45) is 10.2 Å². The Bertz CT molecular complexity index is 567. The summed E-state index contributed by atoms with van der Waals surface area (Å²) >= 11 is 1.32. The molecule has 1 heterocycles. The molecule has 1 amide bonds. The molecule has 1 aromatic rings. The Hall–Kier alpha value is -2.15. The highest BCUT2D eigenvalue weighted by Gasteiger charge is 2.15. The lowest BCUT2D eigenvalue weighted by atomic mass is 10.2. The summed E-state index contributed by atoms with van der Waals surface area (Å²) in [5, 5.41) is 10.8. The van der Waals surface area contributed by atoms with Crippen molar-refractivity contribution in [1.82, 2.24) is 5.32 Å². The van der Waals surface area contributed by atoms with Crippen molar-refractivity contribution in [3.63, 3.8) is 0 Å². The summed E-state index contributed by atoms with van der Waals surface area (Å²) in [6.07, 6.45) is 1.90. The molecule has 104 valence electrons. The van der Waals surface area contributed by atoms with Gasteiger partial charge in [0.05, 0.1) is 12.0 Å². The van der Waals surface area contributed by atoms with Gasteiger partial charge in [-0.25, -0.2) is 0 Å². The van der Waals surface area contributed by atoms with E-state index >= 15 is 0 Å². The fourth-order valence-electron chi connectivity index (χ4n) is 1.35. The minimum Gasteiger partial charge on any atom is -0.427 e. The summed E-state index contributed by atoms with van der Waals surface area (Å²) < 4.78 is 5.05. The van der Waals surface area contributed by atoms with E-state index in [1.807, 2.05) is 0 Å². The maximum Gasteiger partial charge on any atom is 0.310 e. The molecule has 1 saturated heterocycles. The molecule has 0 saturated carbocycles. The normalized spacial score (nSPS) is 16.6. The van der Waals surface area contributed by atoms with Crippen molar-refractivity contribution in [2.45, 2.75) is 13.3 Å². The number of hydrogen-bond donors (Lipinski definition) is 1. The highest BCUT2D eigenvalue weighted by molar-refractivity contribution is 8.15. The molecule has 0 atom stereocenters. The number of ether oxygens (including phenoxy) is 1. The van der Waals surface area contributed by atoms with Gasteiger partial charge >= 0.3 is 5.97 Å². The van der Waals surface area contributed by atoms with Gasteiger partial charge in [0.2, 0.25) is 5.91 Å². The topological polar surface area (TPSA) is 80.1 Å². The fraction of sp³-hybridized carbons (Fsp3) is 0.231. The van der Waals surface area contributed by atoms with Crippen molar-refractivity contribution in [3.8, 4) is 5.75 Å². The Morgan fingerprint density at radius 1 is 1.45 bits per heavy atom. The van der Waals surface area contributed by atoms with E-state index in [2.05, 4.69) is 15.5 Å². The molecule has 6 nitrogen and oxygen atoms in total. The van der Waals surface area contributed by atoms with Crippen LogP contribution in [-0.4, -0.2) is 29.0 Å². The first-order valence-electron chi connectivity index (χ1n) is 6.02. The van der Waals surface area contributed by atoms with E-state index in [0.29, 0.717) is 23.1 Å². The Kier molecular flexibility index (Phi) is 4.89. The molecule has 0 radical (unpaired) electrons. The van der Waals surface area contributed by atoms with E-state index in [1.165, 1.54) is 11.8 Å². The second-order valence-corrected chi connectivity index (χ2v) is 4.85. The molecule has 1 aliphatic heterocycles. The number of nitrogens with one attached hydrogen (secondary N) is 1. The first-order valence-corrected chi connectivity index (χ1v) is 7.00. The monoisotopic (exact) mass is 291 g/mol. The highest BCUT2D eigenvalue weighted by atomic mass is 32.2. The molecule has 0 aliphatic carbocycles. The predicted molar refractivity (Wildman–Crippen MR) is 78.0 cm³/mol. The number of carbonyl (C=O) groups is 2. The molecule has 2 rings (SSSR count). The van der Waals surface area contributed by atoms with E-state index < -0.39 is 0 Å². The largest absolute Gasteiger partial charge is 0.427 e. The molecule has 7 heteroatoms. The van der Waals surface area contributed by atoms with Crippen LogP contribution < -0.4 is 10.1 Å². The predicted octanol–water partition coefficient (Wildman–Crippen LogP) is 1.55. The molecule has 1 aromatic carbocycles. The smallest absolute Gasteiger partial charge is 0.310 e. The van der Waals surface area contributed by atoms with Gasteiger partial charge in [-0.2, -0.15) is 5.10 Å². The lowest BCUT2D eigenvalue weighted by Crippen LogP contribution is -2.19. The van der Waals surface area contributed by atoms with Crippen molar-refractivity contribution in [1.29, 1.82) is 0 Å². The lowest BCUT2D eigenvalue weighted by molar-refractivity contribution is -0.134. The van der Waals surface area contributed by atoms with E-state index in [-0.39, 0.29) is 11.9 Å². The van der Waals surface area contributed by atoms with Crippen LogP contribution in [0, 0.1) is 0 Å². The molecular formula is C13H13N3O3S. The third-order valence-electron chi connectivity index (χ3n) is 2.34. The molecule has 0 spiro atoms. The van der Waals surface area contributed by atoms with Crippen molar-refractivity contribution in [3.05, 3.63) is 29.8 Å². The number of nitrogens with zero attached hydrogens (tertiary/aromatic N) is 2. The van der Waals surface area contributed by atoms with Gasteiger partial charge < -0.3 is 10.1 Å². The zero-order valence-electron chi connectivity index (χ0n) is 10.8. The third kappa shape index (κ3) is 4.20. The van der Waals surface area contributed by atoms with E-state index in [4.69, 9.17) is 4.74 Å². The minimum atomic E-state index is -0.271. The van der Waals surface area contributed by atoms with Gasteiger partial charge in [0.15, 0.2) is 5.17 Å². The van der Waals surface area contributed by atoms with Gasteiger partial charge in [0, 0.05) is 6.42 Å². The SMILES string of the molecule is CCC(=O)Oc1ccc(C=NN=C2NC(=O)CS2)cc1. The highest BCUT2D eigenvalue weighted by Crippen LogP contribution is 2.12. The average molecular weight is 291 g/mol. The third-order valence-corrected chi connectivity index (χ3v) is 3.21. The summed E-state index contributed by atoms with van der Waals surface area (Å²) in [5.41, 5.74) is 0.819. The molecule has 0 bridgehead atoms. The van der Waals surface area contributed by atoms with Crippen LogP contribution in [0.2, 0.25) is 0 Å². The quantitative estimate of drug-likeness (QED) is 0.395.